The van der Waals surface area contributed by atoms with Crippen molar-refractivity contribution >= 4 is 0 Å². The van der Waals surface area contributed by atoms with Gasteiger partial charge >= 0.3 is 6.18 Å². The molecule has 0 radical (unpaired) electrons. The summed E-state index contributed by atoms with van der Waals surface area (Å²) in [7, 11) is 0. The van der Waals surface area contributed by atoms with Gasteiger partial charge in [-0.2, -0.15) is 13.2 Å². The number of rotatable bonds is 0. The molecule has 1 fully saturated rings. The summed E-state index contributed by atoms with van der Waals surface area (Å²) < 4.78 is 36.0. The molecule has 0 saturated carbocycles. The van der Waals surface area contributed by atoms with Crippen LogP contribution in [0.1, 0.15) is 12.8 Å². The van der Waals surface area contributed by atoms with Gasteiger partial charge in [0.25, 0.3) is 0 Å². The van der Waals surface area contributed by atoms with Crippen molar-refractivity contribution < 1.29 is 13.2 Å². The summed E-state index contributed by atoms with van der Waals surface area (Å²) in [6.45, 7) is 0.366. The van der Waals surface area contributed by atoms with Crippen LogP contribution in [0.4, 0.5) is 13.2 Å². The SMILES string of the molecule is N[C@@H]1CCN[C@@H](C(F)(F)F)C1. The highest BCUT2D eigenvalue weighted by atomic mass is 19.4. The molecule has 2 atom stereocenters. The molecule has 3 N–H and O–H groups in total. The van der Waals surface area contributed by atoms with Crippen LogP contribution in [0.25, 0.3) is 0 Å². The Morgan fingerprint density at radius 3 is 2.36 bits per heavy atom. The van der Waals surface area contributed by atoms with Crippen molar-refractivity contribution in [1.82, 2.24) is 5.32 Å². The molecule has 0 aromatic carbocycles. The van der Waals surface area contributed by atoms with Crippen molar-refractivity contribution in [2.75, 3.05) is 6.54 Å². The zero-order valence-corrected chi connectivity index (χ0v) is 5.99. The van der Waals surface area contributed by atoms with Crippen molar-refractivity contribution in [3.63, 3.8) is 0 Å². The lowest BCUT2D eigenvalue weighted by atomic mass is 10.0. The third-order valence-electron chi connectivity index (χ3n) is 1.84. The molecule has 1 aliphatic rings. The van der Waals surface area contributed by atoms with Crippen LogP contribution in [0.5, 0.6) is 0 Å². The number of piperidine rings is 1. The largest absolute Gasteiger partial charge is 0.403 e. The number of hydrogen-bond donors (Lipinski definition) is 2. The Labute approximate surface area is 62.9 Å². The highest BCUT2D eigenvalue weighted by molar-refractivity contribution is 4.84. The quantitative estimate of drug-likeness (QED) is 0.556. The molecule has 0 amide bonds. The van der Waals surface area contributed by atoms with Crippen LogP contribution in [0.2, 0.25) is 0 Å². The molecular formula is C6H11F3N2. The van der Waals surface area contributed by atoms with Crippen molar-refractivity contribution in [3.05, 3.63) is 0 Å². The Hall–Kier alpha value is -0.290. The van der Waals surface area contributed by atoms with Gasteiger partial charge in [-0.3, -0.25) is 0 Å². The van der Waals surface area contributed by atoms with Crippen LogP contribution in [0.15, 0.2) is 0 Å². The van der Waals surface area contributed by atoms with E-state index in [1.165, 1.54) is 0 Å². The van der Waals surface area contributed by atoms with E-state index < -0.39 is 12.2 Å². The molecule has 2 nitrogen and oxygen atoms in total. The molecule has 0 aliphatic carbocycles. The maximum atomic E-state index is 12.0. The first-order chi connectivity index (χ1) is 5.00. The first-order valence-electron chi connectivity index (χ1n) is 3.56. The molecule has 5 heteroatoms. The standard InChI is InChI=1S/C6H11F3N2/c7-6(8,9)5-3-4(10)1-2-11-5/h4-5,11H,1-3,10H2/t4-,5-/m1/s1. The Balaban J connectivity index is 2.46. The number of alkyl halides is 3. The minimum atomic E-state index is -4.14. The molecule has 1 heterocycles. The lowest BCUT2D eigenvalue weighted by Crippen LogP contribution is -2.51. The summed E-state index contributed by atoms with van der Waals surface area (Å²) in [6.07, 6.45) is -3.51. The molecule has 0 bridgehead atoms. The number of nitrogens with one attached hydrogen (secondary N) is 1. The average molecular weight is 168 g/mol. The highest BCUT2D eigenvalue weighted by Crippen LogP contribution is 2.25. The van der Waals surface area contributed by atoms with Gasteiger partial charge in [-0.25, -0.2) is 0 Å². The summed E-state index contributed by atoms with van der Waals surface area (Å²) in [5.41, 5.74) is 5.38. The predicted molar refractivity (Wildman–Crippen MR) is 35.1 cm³/mol. The second-order valence-electron chi connectivity index (χ2n) is 2.83. The van der Waals surface area contributed by atoms with Crippen molar-refractivity contribution in [2.45, 2.75) is 31.1 Å². The number of halogens is 3. The molecule has 0 aromatic rings. The van der Waals surface area contributed by atoms with Gasteiger partial charge in [-0.15, -0.1) is 0 Å². The zero-order valence-electron chi connectivity index (χ0n) is 5.99. The third-order valence-corrected chi connectivity index (χ3v) is 1.84. The van der Waals surface area contributed by atoms with Gasteiger partial charge in [0, 0.05) is 6.04 Å². The second-order valence-corrected chi connectivity index (χ2v) is 2.83. The van der Waals surface area contributed by atoms with Crippen LogP contribution in [-0.4, -0.2) is 24.8 Å². The molecule has 1 rings (SSSR count). The fourth-order valence-electron chi connectivity index (χ4n) is 1.20. The van der Waals surface area contributed by atoms with E-state index in [4.69, 9.17) is 5.73 Å². The summed E-state index contributed by atoms with van der Waals surface area (Å²) in [5, 5.41) is 2.38. The van der Waals surface area contributed by atoms with Crippen LogP contribution >= 0.6 is 0 Å². The van der Waals surface area contributed by atoms with E-state index in [-0.39, 0.29) is 12.5 Å². The molecule has 1 aliphatic heterocycles. The molecular weight excluding hydrogens is 157 g/mol. The molecule has 1 saturated heterocycles. The van der Waals surface area contributed by atoms with E-state index in [0.717, 1.165) is 0 Å². The van der Waals surface area contributed by atoms with Gasteiger partial charge in [0.15, 0.2) is 0 Å². The van der Waals surface area contributed by atoms with E-state index >= 15 is 0 Å². The third kappa shape index (κ3) is 2.34. The zero-order chi connectivity index (χ0) is 8.48. The Kier molecular flexibility index (Phi) is 2.39. The smallest absolute Gasteiger partial charge is 0.328 e. The fraction of sp³-hybridized carbons (Fsp3) is 1.00. The van der Waals surface area contributed by atoms with Gasteiger partial charge < -0.3 is 11.1 Å². The van der Waals surface area contributed by atoms with Gasteiger partial charge in [0.2, 0.25) is 0 Å². The molecule has 0 spiro atoms. The Morgan fingerprint density at radius 2 is 2.00 bits per heavy atom. The van der Waals surface area contributed by atoms with E-state index in [0.29, 0.717) is 13.0 Å². The normalized spacial score (nSPS) is 33.8. The maximum Gasteiger partial charge on any atom is 0.403 e. The highest BCUT2D eigenvalue weighted by Gasteiger charge is 2.41. The lowest BCUT2D eigenvalue weighted by Gasteiger charge is -2.29. The van der Waals surface area contributed by atoms with Crippen molar-refractivity contribution in [1.29, 1.82) is 0 Å². The molecule has 0 aromatic heterocycles. The van der Waals surface area contributed by atoms with Gasteiger partial charge in [-0.1, -0.05) is 0 Å². The summed E-state index contributed by atoms with van der Waals surface area (Å²) in [5.74, 6) is 0. The average Bonchev–Trinajstić information content (AvgIpc) is 1.86. The van der Waals surface area contributed by atoms with Crippen molar-refractivity contribution in [3.8, 4) is 0 Å². The van der Waals surface area contributed by atoms with Crippen molar-refractivity contribution in [2.24, 2.45) is 5.73 Å². The summed E-state index contributed by atoms with van der Waals surface area (Å²) >= 11 is 0. The predicted octanol–water partition coefficient (Wildman–Crippen LogP) is 0.628. The summed E-state index contributed by atoms with van der Waals surface area (Å²) in [4.78, 5) is 0. The molecule has 0 unspecified atom stereocenters. The van der Waals surface area contributed by atoms with Gasteiger partial charge in [-0.05, 0) is 19.4 Å². The first kappa shape index (κ1) is 8.80. The fourth-order valence-corrected chi connectivity index (χ4v) is 1.20. The van der Waals surface area contributed by atoms with E-state index in [2.05, 4.69) is 5.32 Å². The lowest BCUT2D eigenvalue weighted by molar-refractivity contribution is -0.161. The van der Waals surface area contributed by atoms with E-state index in [1.54, 1.807) is 0 Å². The van der Waals surface area contributed by atoms with Gasteiger partial charge in [0.05, 0.1) is 0 Å². The van der Waals surface area contributed by atoms with E-state index in [9.17, 15) is 13.2 Å². The molecule has 66 valence electrons. The summed E-state index contributed by atoms with van der Waals surface area (Å²) in [6, 6.07) is -1.70. The minimum Gasteiger partial charge on any atom is -0.328 e. The Bertz CT molecular complexity index is 134. The second kappa shape index (κ2) is 2.98. The Morgan fingerprint density at radius 1 is 1.36 bits per heavy atom. The van der Waals surface area contributed by atoms with Crippen LogP contribution in [0, 0.1) is 0 Å². The van der Waals surface area contributed by atoms with Crippen LogP contribution in [0.3, 0.4) is 0 Å². The monoisotopic (exact) mass is 168 g/mol. The number of nitrogens with two attached hydrogens (primary N) is 1. The minimum absolute atomic E-state index is 0.00347. The first-order valence-corrected chi connectivity index (χ1v) is 3.56. The van der Waals surface area contributed by atoms with E-state index in [1.807, 2.05) is 0 Å². The molecule has 11 heavy (non-hydrogen) atoms. The van der Waals surface area contributed by atoms with Crippen LogP contribution < -0.4 is 11.1 Å². The number of hydrogen-bond acceptors (Lipinski definition) is 2. The van der Waals surface area contributed by atoms with Crippen LogP contribution in [-0.2, 0) is 0 Å². The maximum absolute atomic E-state index is 12.0. The van der Waals surface area contributed by atoms with Gasteiger partial charge in [0.1, 0.15) is 6.04 Å². The topological polar surface area (TPSA) is 38.0 Å².